The molecule has 1 aromatic rings. The lowest BCUT2D eigenvalue weighted by Gasteiger charge is -2.08. The highest BCUT2D eigenvalue weighted by molar-refractivity contribution is 8.04. The third-order valence-electron chi connectivity index (χ3n) is 2.47. The van der Waals surface area contributed by atoms with Gasteiger partial charge in [-0.25, -0.2) is 0 Å². The lowest BCUT2D eigenvalue weighted by atomic mass is 10.2. The third-order valence-corrected chi connectivity index (χ3v) is 3.56. The predicted octanol–water partition coefficient (Wildman–Crippen LogP) is 0.760. The van der Waals surface area contributed by atoms with Crippen molar-refractivity contribution < 1.29 is 14.4 Å². The number of hydrogen-bond donors (Lipinski definition) is 1. The number of amides is 3. The molecule has 2 N–H and O–H groups in total. The van der Waals surface area contributed by atoms with Crippen molar-refractivity contribution in [2.45, 2.75) is 4.90 Å². The SMILES string of the molecule is CN1C(=O)C=C(Sc2ccccc2C(N)=O)C1=O. The number of likely N-dealkylation sites (N-methyl/N-ethyl adjacent to an activating group) is 1. The minimum atomic E-state index is -0.566. The van der Waals surface area contributed by atoms with Gasteiger partial charge in [0.2, 0.25) is 5.91 Å². The fraction of sp³-hybridized carbons (Fsp3) is 0.0833. The van der Waals surface area contributed by atoms with Crippen molar-refractivity contribution in [3.05, 3.63) is 40.8 Å². The Balaban J connectivity index is 2.31. The molecule has 2 rings (SSSR count). The van der Waals surface area contributed by atoms with E-state index in [1.165, 1.54) is 13.1 Å². The molecule has 6 heteroatoms. The Morgan fingerprint density at radius 3 is 2.50 bits per heavy atom. The van der Waals surface area contributed by atoms with Crippen molar-refractivity contribution in [1.29, 1.82) is 0 Å². The van der Waals surface area contributed by atoms with Crippen LogP contribution in [0.1, 0.15) is 10.4 Å². The maximum atomic E-state index is 11.7. The molecule has 0 aromatic heterocycles. The molecule has 1 aliphatic rings. The zero-order valence-corrected chi connectivity index (χ0v) is 10.4. The smallest absolute Gasteiger partial charge is 0.267 e. The van der Waals surface area contributed by atoms with Gasteiger partial charge >= 0.3 is 0 Å². The van der Waals surface area contributed by atoms with E-state index < -0.39 is 5.91 Å². The van der Waals surface area contributed by atoms with Gasteiger partial charge in [-0.15, -0.1) is 0 Å². The van der Waals surface area contributed by atoms with E-state index in [0.717, 1.165) is 16.7 Å². The Morgan fingerprint density at radius 1 is 1.28 bits per heavy atom. The van der Waals surface area contributed by atoms with Crippen molar-refractivity contribution in [2.24, 2.45) is 5.73 Å². The van der Waals surface area contributed by atoms with Crippen molar-refractivity contribution in [3.63, 3.8) is 0 Å². The molecule has 1 aliphatic heterocycles. The highest BCUT2D eigenvalue weighted by Crippen LogP contribution is 2.32. The number of hydrogen-bond acceptors (Lipinski definition) is 4. The summed E-state index contributed by atoms with van der Waals surface area (Å²) < 4.78 is 0. The molecule has 3 amide bonds. The van der Waals surface area contributed by atoms with Crippen molar-refractivity contribution in [1.82, 2.24) is 4.90 Å². The van der Waals surface area contributed by atoms with Crippen molar-refractivity contribution >= 4 is 29.5 Å². The van der Waals surface area contributed by atoms with Crippen LogP contribution in [0.2, 0.25) is 0 Å². The number of carbonyl (C=O) groups is 3. The molecule has 0 fully saturated rings. The van der Waals surface area contributed by atoms with Crippen LogP contribution in [0.25, 0.3) is 0 Å². The molecule has 0 bridgehead atoms. The summed E-state index contributed by atoms with van der Waals surface area (Å²) >= 11 is 1.07. The fourth-order valence-corrected chi connectivity index (χ4v) is 2.53. The summed E-state index contributed by atoms with van der Waals surface area (Å²) in [5.41, 5.74) is 5.58. The minimum absolute atomic E-state index is 0.288. The second-order valence-electron chi connectivity index (χ2n) is 3.67. The summed E-state index contributed by atoms with van der Waals surface area (Å²) in [5, 5.41) is 0. The lowest BCUT2D eigenvalue weighted by molar-refractivity contribution is -0.135. The summed E-state index contributed by atoms with van der Waals surface area (Å²) in [6.07, 6.45) is 1.25. The van der Waals surface area contributed by atoms with Gasteiger partial charge in [-0.1, -0.05) is 23.9 Å². The number of nitrogens with zero attached hydrogens (tertiary/aromatic N) is 1. The van der Waals surface area contributed by atoms with E-state index >= 15 is 0 Å². The minimum Gasteiger partial charge on any atom is -0.366 e. The molecule has 5 nitrogen and oxygen atoms in total. The maximum absolute atomic E-state index is 11.7. The van der Waals surface area contributed by atoms with Gasteiger partial charge in [-0.2, -0.15) is 0 Å². The van der Waals surface area contributed by atoms with E-state index in [2.05, 4.69) is 0 Å². The standard InChI is InChI=1S/C12H10N2O3S/c1-14-10(15)6-9(12(14)17)18-8-5-3-2-4-7(8)11(13)16/h2-6H,1H3,(H2,13,16). The van der Waals surface area contributed by atoms with Crippen LogP contribution in [0.3, 0.4) is 0 Å². The van der Waals surface area contributed by atoms with Gasteiger partial charge in [0.15, 0.2) is 0 Å². The molecule has 0 aliphatic carbocycles. The topological polar surface area (TPSA) is 80.5 Å². The molecule has 0 saturated heterocycles. The van der Waals surface area contributed by atoms with E-state index in [1.54, 1.807) is 24.3 Å². The molecule has 0 unspecified atom stereocenters. The first-order valence-electron chi connectivity index (χ1n) is 5.11. The number of imide groups is 1. The molecule has 0 spiro atoms. The molecule has 92 valence electrons. The van der Waals surface area contributed by atoms with Crippen LogP contribution in [0, 0.1) is 0 Å². The van der Waals surface area contributed by atoms with E-state index in [0.29, 0.717) is 10.5 Å². The summed E-state index contributed by atoms with van der Waals surface area (Å²) in [5.74, 6) is -1.30. The monoisotopic (exact) mass is 262 g/mol. The highest BCUT2D eigenvalue weighted by atomic mass is 32.2. The first-order valence-corrected chi connectivity index (χ1v) is 5.92. The Morgan fingerprint density at radius 2 is 1.94 bits per heavy atom. The van der Waals surface area contributed by atoms with Gasteiger partial charge in [0.1, 0.15) is 0 Å². The molecular formula is C12H10N2O3S. The van der Waals surface area contributed by atoms with Crippen molar-refractivity contribution in [3.8, 4) is 0 Å². The zero-order valence-electron chi connectivity index (χ0n) is 9.54. The van der Waals surface area contributed by atoms with Gasteiger partial charge in [0.05, 0.1) is 10.5 Å². The Bertz CT molecular complexity index is 580. The zero-order chi connectivity index (χ0) is 13.3. The van der Waals surface area contributed by atoms with Crippen LogP contribution in [0.5, 0.6) is 0 Å². The normalized spacial score (nSPS) is 14.9. The molecule has 1 heterocycles. The Labute approximate surface area is 108 Å². The largest absolute Gasteiger partial charge is 0.366 e. The number of carbonyl (C=O) groups excluding carboxylic acids is 3. The van der Waals surface area contributed by atoms with Gasteiger partial charge in [0, 0.05) is 18.0 Å². The van der Waals surface area contributed by atoms with Crippen molar-refractivity contribution in [2.75, 3.05) is 7.05 Å². The first kappa shape index (κ1) is 12.4. The predicted molar refractivity (Wildman–Crippen MR) is 66.7 cm³/mol. The molecule has 18 heavy (non-hydrogen) atoms. The van der Waals surface area contributed by atoms with Crippen LogP contribution in [-0.2, 0) is 9.59 Å². The molecule has 0 atom stereocenters. The van der Waals surface area contributed by atoms with E-state index in [-0.39, 0.29) is 16.7 Å². The van der Waals surface area contributed by atoms with Gasteiger partial charge in [-0.05, 0) is 12.1 Å². The summed E-state index contributed by atoms with van der Waals surface area (Å²) in [6, 6.07) is 6.68. The number of thioether (sulfide) groups is 1. The van der Waals surface area contributed by atoms with Gasteiger partial charge < -0.3 is 5.73 Å². The number of primary amides is 1. The average molecular weight is 262 g/mol. The number of benzene rings is 1. The number of nitrogens with two attached hydrogens (primary N) is 1. The van der Waals surface area contributed by atoms with Crippen LogP contribution in [-0.4, -0.2) is 29.7 Å². The second-order valence-corrected chi connectivity index (χ2v) is 4.76. The quantitative estimate of drug-likeness (QED) is 0.815. The summed E-state index contributed by atoms with van der Waals surface area (Å²) in [6.45, 7) is 0. The van der Waals surface area contributed by atoms with Gasteiger partial charge in [-0.3, -0.25) is 19.3 Å². The lowest BCUT2D eigenvalue weighted by Crippen LogP contribution is -2.25. The van der Waals surface area contributed by atoms with Crippen LogP contribution >= 0.6 is 11.8 Å². The van der Waals surface area contributed by atoms with E-state index in [9.17, 15) is 14.4 Å². The second kappa shape index (κ2) is 4.66. The summed E-state index contributed by atoms with van der Waals surface area (Å²) in [7, 11) is 1.41. The average Bonchev–Trinajstić information content (AvgIpc) is 2.57. The molecule has 0 saturated carbocycles. The van der Waals surface area contributed by atoms with Crippen LogP contribution < -0.4 is 5.73 Å². The van der Waals surface area contributed by atoms with Gasteiger partial charge in [0.25, 0.3) is 11.8 Å². The van der Waals surface area contributed by atoms with Crippen LogP contribution in [0.4, 0.5) is 0 Å². The Kier molecular flexibility index (Phi) is 3.20. The van der Waals surface area contributed by atoms with Crippen LogP contribution in [0.15, 0.2) is 40.1 Å². The first-order chi connectivity index (χ1) is 8.50. The van der Waals surface area contributed by atoms with E-state index in [1.807, 2.05) is 0 Å². The highest BCUT2D eigenvalue weighted by Gasteiger charge is 2.28. The molecular weight excluding hydrogens is 252 g/mol. The third kappa shape index (κ3) is 2.14. The Hall–Kier alpha value is -2.08. The fourth-order valence-electron chi connectivity index (χ4n) is 1.49. The maximum Gasteiger partial charge on any atom is 0.267 e. The van der Waals surface area contributed by atoms with E-state index in [4.69, 9.17) is 5.73 Å². The molecule has 1 aromatic carbocycles. The summed E-state index contributed by atoms with van der Waals surface area (Å²) in [4.78, 5) is 36.1. The molecule has 0 radical (unpaired) electrons. The number of rotatable bonds is 3.